The van der Waals surface area contributed by atoms with Gasteiger partial charge in [-0.15, -0.1) is 0 Å². The van der Waals surface area contributed by atoms with Gasteiger partial charge in [0.15, 0.2) is 0 Å². The predicted octanol–water partition coefficient (Wildman–Crippen LogP) is 3.51. The highest BCUT2D eigenvalue weighted by atomic mass is 16.6. The van der Waals surface area contributed by atoms with Crippen LogP contribution in [0.4, 0.5) is 11.4 Å². The number of nitrogens with zero attached hydrogens (tertiary/aromatic N) is 1. The number of amides is 1. The number of methoxy groups -OCH3 is 1. The van der Waals surface area contributed by atoms with Crippen LogP contribution in [0, 0.1) is 10.1 Å². The number of rotatable bonds is 8. The minimum atomic E-state index is -0.501. The van der Waals surface area contributed by atoms with Crippen LogP contribution in [-0.2, 0) is 4.79 Å². The lowest BCUT2D eigenvalue weighted by Gasteiger charge is -2.09. The van der Waals surface area contributed by atoms with Crippen molar-refractivity contribution in [3.8, 4) is 5.75 Å². The van der Waals surface area contributed by atoms with Crippen molar-refractivity contribution in [3.05, 3.63) is 28.3 Å². The van der Waals surface area contributed by atoms with Crippen molar-refractivity contribution in [1.82, 2.24) is 0 Å². The van der Waals surface area contributed by atoms with E-state index in [0.29, 0.717) is 17.9 Å². The first-order valence-corrected chi connectivity index (χ1v) is 6.70. The molecule has 0 aliphatic rings. The van der Waals surface area contributed by atoms with Gasteiger partial charge in [-0.05, 0) is 12.5 Å². The number of hydrogen-bond acceptors (Lipinski definition) is 4. The standard InChI is InChI=1S/C14H20N2O4/c1-3-4-5-6-7-14(17)15-12-9-8-11(16(18)19)10-13(12)20-2/h8-10H,3-7H2,1-2H3,(H,15,17). The largest absolute Gasteiger partial charge is 0.494 e. The van der Waals surface area contributed by atoms with Crippen LogP contribution >= 0.6 is 0 Å². The molecule has 6 nitrogen and oxygen atoms in total. The molecule has 0 fully saturated rings. The van der Waals surface area contributed by atoms with Crippen molar-refractivity contribution in [1.29, 1.82) is 0 Å². The first-order valence-electron chi connectivity index (χ1n) is 6.70. The Morgan fingerprint density at radius 2 is 2.10 bits per heavy atom. The van der Waals surface area contributed by atoms with Gasteiger partial charge in [0, 0.05) is 12.5 Å². The molecule has 0 aliphatic heterocycles. The number of ether oxygens (including phenoxy) is 1. The summed E-state index contributed by atoms with van der Waals surface area (Å²) in [5.41, 5.74) is 0.390. The molecule has 110 valence electrons. The molecule has 20 heavy (non-hydrogen) atoms. The van der Waals surface area contributed by atoms with Crippen LogP contribution in [0.1, 0.15) is 39.0 Å². The molecule has 0 atom stereocenters. The maximum Gasteiger partial charge on any atom is 0.273 e. The van der Waals surface area contributed by atoms with E-state index in [1.54, 1.807) is 0 Å². The van der Waals surface area contributed by atoms with Crippen molar-refractivity contribution in [2.75, 3.05) is 12.4 Å². The van der Waals surface area contributed by atoms with Gasteiger partial charge in [-0.1, -0.05) is 26.2 Å². The summed E-state index contributed by atoms with van der Waals surface area (Å²) in [6.45, 7) is 2.11. The van der Waals surface area contributed by atoms with Gasteiger partial charge in [0.05, 0.1) is 23.8 Å². The third kappa shape index (κ3) is 4.87. The Hall–Kier alpha value is -2.11. The Morgan fingerprint density at radius 1 is 1.35 bits per heavy atom. The first kappa shape index (κ1) is 15.9. The van der Waals surface area contributed by atoms with E-state index in [-0.39, 0.29) is 11.6 Å². The molecule has 1 rings (SSSR count). The average molecular weight is 280 g/mol. The summed E-state index contributed by atoms with van der Waals surface area (Å²) in [6.07, 6.45) is 4.56. The highest BCUT2D eigenvalue weighted by molar-refractivity contribution is 5.92. The molecule has 1 amide bonds. The molecule has 0 bridgehead atoms. The SMILES string of the molecule is CCCCCCC(=O)Nc1ccc([N+](=O)[O-])cc1OC. The van der Waals surface area contributed by atoms with E-state index < -0.39 is 4.92 Å². The number of nitro benzene ring substituents is 1. The van der Waals surface area contributed by atoms with Crippen LogP contribution in [0.5, 0.6) is 5.75 Å². The van der Waals surface area contributed by atoms with Crippen molar-refractivity contribution in [2.24, 2.45) is 0 Å². The van der Waals surface area contributed by atoms with Crippen LogP contribution in [-0.4, -0.2) is 17.9 Å². The van der Waals surface area contributed by atoms with E-state index in [0.717, 1.165) is 25.7 Å². The Kier molecular flexibility index (Phi) is 6.49. The van der Waals surface area contributed by atoms with E-state index in [2.05, 4.69) is 12.2 Å². The monoisotopic (exact) mass is 280 g/mol. The lowest BCUT2D eigenvalue weighted by atomic mass is 10.1. The average Bonchev–Trinajstić information content (AvgIpc) is 2.43. The molecule has 0 aliphatic carbocycles. The fourth-order valence-electron chi connectivity index (χ4n) is 1.82. The Labute approximate surface area is 118 Å². The summed E-state index contributed by atoms with van der Waals surface area (Å²) in [4.78, 5) is 21.9. The van der Waals surface area contributed by atoms with Crippen molar-refractivity contribution >= 4 is 17.3 Å². The molecule has 0 spiro atoms. The fourth-order valence-corrected chi connectivity index (χ4v) is 1.82. The number of carbonyl (C=O) groups excluding carboxylic acids is 1. The molecular weight excluding hydrogens is 260 g/mol. The number of hydrogen-bond donors (Lipinski definition) is 1. The predicted molar refractivity (Wildman–Crippen MR) is 77.0 cm³/mol. The van der Waals surface area contributed by atoms with Crippen LogP contribution in [0.2, 0.25) is 0 Å². The molecule has 0 saturated carbocycles. The molecule has 0 unspecified atom stereocenters. The highest BCUT2D eigenvalue weighted by Crippen LogP contribution is 2.29. The van der Waals surface area contributed by atoms with Crippen LogP contribution in [0.25, 0.3) is 0 Å². The van der Waals surface area contributed by atoms with Gasteiger partial charge in [0.1, 0.15) is 5.75 Å². The molecule has 0 radical (unpaired) electrons. The van der Waals surface area contributed by atoms with E-state index >= 15 is 0 Å². The van der Waals surface area contributed by atoms with E-state index in [1.807, 2.05) is 0 Å². The summed E-state index contributed by atoms with van der Waals surface area (Å²) in [6, 6.07) is 4.13. The summed E-state index contributed by atoms with van der Waals surface area (Å²) in [5, 5.41) is 13.4. The van der Waals surface area contributed by atoms with Crippen LogP contribution in [0.3, 0.4) is 0 Å². The van der Waals surface area contributed by atoms with Gasteiger partial charge < -0.3 is 10.1 Å². The Balaban J connectivity index is 2.62. The molecule has 1 aromatic carbocycles. The van der Waals surface area contributed by atoms with Gasteiger partial charge in [0.2, 0.25) is 5.91 Å². The fraction of sp³-hybridized carbons (Fsp3) is 0.500. The van der Waals surface area contributed by atoms with Gasteiger partial charge in [-0.2, -0.15) is 0 Å². The molecule has 0 saturated heterocycles. The molecule has 0 heterocycles. The smallest absolute Gasteiger partial charge is 0.273 e. The highest BCUT2D eigenvalue weighted by Gasteiger charge is 2.13. The molecule has 1 aromatic rings. The van der Waals surface area contributed by atoms with Crippen molar-refractivity contribution in [3.63, 3.8) is 0 Å². The Bertz CT molecular complexity index is 474. The van der Waals surface area contributed by atoms with Gasteiger partial charge in [-0.25, -0.2) is 0 Å². The first-order chi connectivity index (χ1) is 9.58. The van der Waals surface area contributed by atoms with E-state index in [4.69, 9.17) is 4.74 Å². The maximum absolute atomic E-state index is 11.8. The normalized spacial score (nSPS) is 10.1. The Morgan fingerprint density at radius 3 is 2.70 bits per heavy atom. The topological polar surface area (TPSA) is 81.5 Å². The number of anilines is 1. The molecular formula is C14H20N2O4. The van der Waals surface area contributed by atoms with E-state index in [9.17, 15) is 14.9 Å². The second-order valence-electron chi connectivity index (χ2n) is 4.50. The second kappa shape index (κ2) is 8.14. The number of benzene rings is 1. The van der Waals surface area contributed by atoms with Gasteiger partial charge in [0.25, 0.3) is 5.69 Å². The minimum absolute atomic E-state index is 0.0669. The zero-order chi connectivity index (χ0) is 15.0. The number of unbranched alkanes of at least 4 members (excludes halogenated alkanes) is 3. The van der Waals surface area contributed by atoms with Crippen LogP contribution < -0.4 is 10.1 Å². The van der Waals surface area contributed by atoms with E-state index in [1.165, 1.54) is 25.3 Å². The number of nitrogens with one attached hydrogen (secondary N) is 1. The van der Waals surface area contributed by atoms with Crippen molar-refractivity contribution < 1.29 is 14.5 Å². The number of carbonyl (C=O) groups is 1. The third-order valence-corrected chi connectivity index (χ3v) is 2.93. The lowest BCUT2D eigenvalue weighted by Crippen LogP contribution is -2.12. The summed E-state index contributed by atoms with van der Waals surface area (Å²) in [5.74, 6) is 0.189. The van der Waals surface area contributed by atoms with Crippen LogP contribution in [0.15, 0.2) is 18.2 Å². The lowest BCUT2D eigenvalue weighted by molar-refractivity contribution is -0.384. The quantitative estimate of drug-likeness (QED) is 0.449. The third-order valence-electron chi connectivity index (χ3n) is 2.93. The second-order valence-corrected chi connectivity index (χ2v) is 4.50. The molecule has 6 heteroatoms. The summed E-state index contributed by atoms with van der Waals surface area (Å²) >= 11 is 0. The number of non-ortho nitro benzene ring substituents is 1. The minimum Gasteiger partial charge on any atom is -0.494 e. The van der Waals surface area contributed by atoms with Gasteiger partial charge in [-0.3, -0.25) is 14.9 Å². The summed E-state index contributed by atoms with van der Waals surface area (Å²) in [7, 11) is 1.41. The van der Waals surface area contributed by atoms with Gasteiger partial charge >= 0.3 is 0 Å². The maximum atomic E-state index is 11.8. The zero-order valence-electron chi connectivity index (χ0n) is 11.8. The number of nitro groups is 1. The van der Waals surface area contributed by atoms with Crippen molar-refractivity contribution in [2.45, 2.75) is 39.0 Å². The zero-order valence-corrected chi connectivity index (χ0v) is 11.8. The summed E-state index contributed by atoms with van der Waals surface area (Å²) < 4.78 is 5.06. The molecule has 0 aromatic heterocycles. The molecule has 1 N–H and O–H groups in total.